The fourth-order valence-corrected chi connectivity index (χ4v) is 3.60. The minimum atomic E-state index is -1.24. The maximum absolute atomic E-state index is 12.9. The summed E-state index contributed by atoms with van der Waals surface area (Å²) < 4.78 is 0. The van der Waals surface area contributed by atoms with E-state index in [0.717, 1.165) is 25.0 Å². The Kier molecular flexibility index (Phi) is 5.23. The van der Waals surface area contributed by atoms with Crippen LogP contribution in [0.1, 0.15) is 76.1 Å². The number of benzene rings is 2. The lowest BCUT2D eigenvalue weighted by Crippen LogP contribution is -2.22. The van der Waals surface area contributed by atoms with Crippen LogP contribution in [-0.4, -0.2) is 37.1 Å². The summed E-state index contributed by atoms with van der Waals surface area (Å²) in [4.78, 5) is 25.7. The highest BCUT2D eigenvalue weighted by Gasteiger charge is 2.38. The van der Waals surface area contributed by atoms with Crippen LogP contribution in [0.25, 0.3) is 0 Å². The number of phenols is 4. The van der Waals surface area contributed by atoms with Gasteiger partial charge in [-0.3, -0.25) is 9.59 Å². The van der Waals surface area contributed by atoms with Crippen LogP contribution in [0.2, 0.25) is 5.02 Å². The zero-order valence-electron chi connectivity index (χ0n) is 15.0. The van der Waals surface area contributed by atoms with E-state index in [1.165, 1.54) is 0 Å². The number of unbranched alkanes of at least 4 members (excludes halogenated alkanes) is 2. The van der Waals surface area contributed by atoms with E-state index in [1.54, 1.807) is 0 Å². The van der Waals surface area contributed by atoms with Crippen LogP contribution >= 0.6 is 11.6 Å². The van der Waals surface area contributed by atoms with E-state index in [1.807, 2.05) is 6.92 Å². The summed E-state index contributed by atoms with van der Waals surface area (Å²) in [7, 11) is 0. The number of aliphatic hydroxyl groups is 1. The molecule has 2 aromatic carbocycles. The largest absolute Gasteiger partial charge is 0.507 e. The number of carbonyl (C=O) groups excluding carboxylic acids is 2. The molecule has 0 bridgehead atoms. The van der Waals surface area contributed by atoms with Crippen molar-refractivity contribution in [3.05, 3.63) is 45.0 Å². The van der Waals surface area contributed by atoms with Gasteiger partial charge in [0.25, 0.3) is 0 Å². The first-order chi connectivity index (χ1) is 13.2. The molecule has 0 spiro atoms. The molecule has 7 nitrogen and oxygen atoms in total. The van der Waals surface area contributed by atoms with E-state index in [4.69, 9.17) is 11.6 Å². The number of ketones is 2. The molecule has 0 aliphatic heterocycles. The Hall–Kier alpha value is -2.77. The first kappa shape index (κ1) is 20.0. The molecule has 1 aliphatic carbocycles. The number of hydrogen-bond acceptors (Lipinski definition) is 7. The van der Waals surface area contributed by atoms with E-state index in [0.29, 0.717) is 6.42 Å². The van der Waals surface area contributed by atoms with E-state index < -0.39 is 56.8 Å². The summed E-state index contributed by atoms with van der Waals surface area (Å²) in [5.41, 5.74) is -1.72. The predicted molar refractivity (Wildman–Crippen MR) is 101 cm³/mol. The summed E-state index contributed by atoms with van der Waals surface area (Å²) >= 11 is 5.77. The maximum Gasteiger partial charge on any atom is 0.202 e. The lowest BCUT2D eigenvalue weighted by Gasteiger charge is -2.23. The van der Waals surface area contributed by atoms with Crippen LogP contribution in [0.4, 0.5) is 0 Å². The van der Waals surface area contributed by atoms with Gasteiger partial charge in [-0.15, -0.1) is 0 Å². The number of fused-ring (bicyclic) bond motifs is 2. The molecule has 3 rings (SSSR count). The molecule has 1 atom stereocenters. The van der Waals surface area contributed by atoms with Crippen molar-refractivity contribution in [2.75, 3.05) is 0 Å². The van der Waals surface area contributed by atoms with E-state index in [2.05, 4.69) is 0 Å². The highest BCUT2D eigenvalue weighted by Crippen LogP contribution is 2.47. The molecule has 1 unspecified atom stereocenters. The summed E-state index contributed by atoms with van der Waals surface area (Å²) in [6.07, 6.45) is 1.39. The molecule has 0 heterocycles. The van der Waals surface area contributed by atoms with Gasteiger partial charge in [0, 0.05) is 11.1 Å². The first-order valence-electron chi connectivity index (χ1n) is 8.81. The van der Waals surface area contributed by atoms with Crippen molar-refractivity contribution in [1.82, 2.24) is 0 Å². The molecule has 28 heavy (non-hydrogen) atoms. The number of phenolic OH excluding ortho intramolecular Hbond substituents is 4. The average molecular weight is 407 g/mol. The summed E-state index contributed by atoms with van der Waals surface area (Å²) in [5, 5.41) is 50.7. The van der Waals surface area contributed by atoms with Crippen molar-refractivity contribution in [2.24, 2.45) is 0 Å². The SMILES string of the molecule is CCCCCC(O)c1c(O)cc2c(c1O)C(=O)c1c(cc(O)c(Cl)c1O)C2=O. The lowest BCUT2D eigenvalue weighted by atomic mass is 9.81. The van der Waals surface area contributed by atoms with Gasteiger partial charge >= 0.3 is 0 Å². The monoisotopic (exact) mass is 406 g/mol. The van der Waals surface area contributed by atoms with Gasteiger partial charge < -0.3 is 25.5 Å². The number of carbonyl (C=O) groups is 2. The molecule has 148 valence electrons. The van der Waals surface area contributed by atoms with E-state index >= 15 is 0 Å². The van der Waals surface area contributed by atoms with Crippen molar-refractivity contribution in [1.29, 1.82) is 0 Å². The zero-order valence-corrected chi connectivity index (χ0v) is 15.7. The molecule has 0 saturated heterocycles. The second kappa shape index (κ2) is 7.33. The Morgan fingerprint density at radius 3 is 2.07 bits per heavy atom. The summed E-state index contributed by atoms with van der Waals surface area (Å²) in [5.74, 6) is -4.29. The van der Waals surface area contributed by atoms with Gasteiger partial charge in [0.05, 0.1) is 22.8 Å². The van der Waals surface area contributed by atoms with Gasteiger partial charge in [0.2, 0.25) is 5.78 Å². The molecule has 0 aromatic heterocycles. The summed E-state index contributed by atoms with van der Waals surface area (Å²) in [6, 6.07) is 1.95. The average Bonchev–Trinajstić information content (AvgIpc) is 2.63. The standard InChI is InChI=1S/C20H19ClO7/c1-2-3-4-5-10(22)15-11(23)6-8-13(19(15)27)18(26)14-9(17(8)25)7-12(24)16(21)20(14)28/h6-7,10,22-24,27-28H,2-5H2,1H3. The van der Waals surface area contributed by atoms with Crippen molar-refractivity contribution < 1.29 is 35.1 Å². The Labute approximate surface area is 165 Å². The third-order valence-electron chi connectivity index (χ3n) is 4.90. The van der Waals surface area contributed by atoms with E-state index in [-0.39, 0.29) is 23.1 Å². The maximum atomic E-state index is 12.9. The van der Waals surface area contributed by atoms with E-state index in [9.17, 15) is 35.1 Å². The lowest BCUT2D eigenvalue weighted by molar-refractivity contribution is 0.0972. The number of aliphatic hydroxyl groups excluding tert-OH is 1. The van der Waals surface area contributed by atoms with Crippen LogP contribution in [0.5, 0.6) is 23.0 Å². The fraction of sp³-hybridized carbons (Fsp3) is 0.300. The fourth-order valence-electron chi connectivity index (χ4n) is 3.45. The molecule has 1 aliphatic rings. The first-order valence-corrected chi connectivity index (χ1v) is 9.19. The van der Waals surface area contributed by atoms with Crippen molar-refractivity contribution in [3.63, 3.8) is 0 Å². The third-order valence-corrected chi connectivity index (χ3v) is 5.27. The molecule has 0 radical (unpaired) electrons. The smallest absolute Gasteiger partial charge is 0.202 e. The molecule has 2 aromatic rings. The van der Waals surface area contributed by atoms with Gasteiger partial charge in [-0.2, -0.15) is 0 Å². The van der Waals surface area contributed by atoms with Crippen LogP contribution in [0, 0.1) is 0 Å². The van der Waals surface area contributed by atoms with Gasteiger partial charge in [0.1, 0.15) is 28.0 Å². The van der Waals surface area contributed by atoms with Crippen LogP contribution in [-0.2, 0) is 0 Å². The number of halogens is 1. The van der Waals surface area contributed by atoms with Gasteiger partial charge in [0.15, 0.2) is 5.78 Å². The Morgan fingerprint density at radius 2 is 1.46 bits per heavy atom. The van der Waals surface area contributed by atoms with Crippen molar-refractivity contribution in [2.45, 2.75) is 38.7 Å². The Morgan fingerprint density at radius 1 is 0.893 bits per heavy atom. The zero-order chi connectivity index (χ0) is 20.7. The van der Waals surface area contributed by atoms with Crippen LogP contribution in [0.3, 0.4) is 0 Å². The van der Waals surface area contributed by atoms with Gasteiger partial charge in [-0.25, -0.2) is 0 Å². The van der Waals surface area contributed by atoms with Gasteiger partial charge in [-0.05, 0) is 18.6 Å². The molecule has 8 heteroatoms. The molecule has 5 N–H and O–H groups in total. The molecule has 0 saturated carbocycles. The minimum Gasteiger partial charge on any atom is -0.507 e. The van der Waals surface area contributed by atoms with Crippen molar-refractivity contribution >= 4 is 23.2 Å². The quantitative estimate of drug-likeness (QED) is 0.409. The molecule has 0 amide bonds. The van der Waals surface area contributed by atoms with Gasteiger partial charge in [-0.1, -0.05) is 37.8 Å². The van der Waals surface area contributed by atoms with Crippen LogP contribution in [0.15, 0.2) is 12.1 Å². The molecule has 0 fully saturated rings. The van der Waals surface area contributed by atoms with Crippen LogP contribution < -0.4 is 0 Å². The molecular formula is C20H19ClO7. The Bertz CT molecular complexity index is 997. The normalized spacial score (nSPS) is 14.0. The highest BCUT2D eigenvalue weighted by atomic mass is 35.5. The second-order valence-electron chi connectivity index (χ2n) is 6.73. The third kappa shape index (κ3) is 2.96. The Balaban J connectivity index is 2.18. The topological polar surface area (TPSA) is 135 Å². The van der Waals surface area contributed by atoms with Crippen molar-refractivity contribution in [3.8, 4) is 23.0 Å². The minimum absolute atomic E-state index is 0.246. The summed E-state index contributed by atoms with van der Waals surface area (Å²) in [6.45, 7) is 1.98. The second-order valence-corrected chi connectivity index (χ2v) is 7.11. The predicted octanol–water partition coefficient (Wildman–Crippen LogP) is 3.55. The number of aromatic hydroxyl groups is 4. The highest BCUT2D eigenvalue weighted by molar-refractivity contribution is 6.37. The number of hydrogen-bond donors (Lipinski definition) is 5. The molecular weight excluding hydrogens is 388 g/mol. The number of rotatable bonds is 5.